The van der Waals surface area contributed by atoms with Gasteiger partial charge >= 0.3 is 0 Å². The Morgan fingerprint density at radius 1 is 1.29 bits per heavy atom. The van der Waals surface area contributed by atoms with Crippen molar-refractivity contribution in [2.75, 3.05) is 13.4 Å². The molecule has 0 bridgehead atoms. The molecule has 0 aliphatic heterocycles. The first-order valence-electron chi connectivity index (χ1n) is 7.45. The average molecular weight is 358 g/mol. The lowest BCUT2D eigenvalue weighted by atomic mass is 10.1. The van der Waals surface area contributed by atoms with E-state index in [0.29, 0.717) is 0 Å². The molecule has 0 N–H and O–H groups in total. The van der Waals surface area contributed by atoms with Crippen LogP contribution in [-0.4, -0.2) is 23.8 Å². The first-order chi connectivity index (χ1) is 11.6. The molecule has 1 heterocycles. The van der Waals surface area contributed by atoms with Gasteiger partial charge in [-0.25, -0.2) is 0 Å². The quantitative estimate of drug-likeness (QED) is 0.669. The van der Waals surface area contributed by atoms with E-state index in [1.807, 2.05) is 35.9 Å². The molecule has 0 saturated carbocycles. The van der Waals surface area contributed by atoms with Crippen molar-refractivity contribution in [2.45, 2.75) is 11.3 Å². The van der Waals surface area contributed by atoms with Gasteiger partial charge in [0.15, 0.2) is 4.80 Å². The molecule has 0 fully saturated rings. The molecule has 3 rings (SSSR count). The fourth-order valence-corrected chi connectivity index (χ4v) is 4.04. The summed E-state index contributed by atoms with van der Waals surface area (Å²) in [6, 6.07) is 13.8. The van der Waals surface area contributed by atoms with E-state index in [2.05, 4.69) is 29.4 Å². The molecule has 0 saturated heterocycles. The molecule has 124 valence electrons. The van der Waals surface area contributed by atoms with Gasteiger partial charge < -0.3 is 9.30 Å². The van der Waals surface area contributed by atoms with Gasteiger partial charge in [-0.1, -0.05) is 23.5 Å². The van der Waals surface area contributed by atoms with Crippen LogP contribution in [0.15, 0.2) is 52.4 Å². The van der Waals surface area contributed by atoms with Gasteiger partial charge in [0.2, 0.25) is 0 Å². The Morgan fingerprint density at radius 2 is 2.12 bits per heavy atom. The number of methoxy groups -OCH3 is 1. The van der Waals surface area contributed by atoms with Gasteiger partial charge in [0.1, 0.15) is 5.75 Å². The largest absolute Gasteiger partial charge is 0.497 e. The number of fused-ring (bicyclic) bond motifs is 1. The molecule has 24 heavy (non-hydrogen) atoms. The number of hydrogen-bond donors (Lipinski definition) is 0. The summed E-state index contributed by atoms with van der Waals surface area (Å²) in [5.41, 5.74) is 1.99. The summed E-state index contributed by atoms with van der Waals surface area (Å²) in [5, 5.41) is 0. The first-order valence-corrected chi connectivity index (χ1v) is 9.49. The Hall–Kier alpha value is -2.05. The van der Waals surface area contributed by atoms with E-state index in [4.69, 9.17) is 4.74 Å². The summed E-state index contributed by atoms with van der Waals surface area (Å²) >= 11 is 3.24. The maximum atomic E-state index is 12.3. The van der Waals surface area contributed by atoms with Gasteiger partial charge in [-0.15, -0.1) is 11.8 Å². The molecule has 0 spiro atoms. The summed E-state index contributed by atoms with van der Waals surface area (Å²) in [7, 11) is 3.56. The highest BCUT2D eigenvalue weighted by Gasteiger charge is 2.07. The summed E-state index contributed by atoms with van der Waals surface area (Å²) in [6.07, 6.45) is 2.32. The Kier molecular flexibility index (Phi) is 5.06. The fourth-order valence-electron chi connectivity index (χ4n) is 2.45. The Morgan fingerprint density at radius 3 is 2.88 bits per heavy atom. The monoisotopic (exact) mass is 358 g/mol. The number of hydrogen-bond acceptors (Lipinski definition) is 4. The molecule has 4 nitrogen and oxygen atoms in total. The van der Waals surface area contributed by atoms with Crippen molar-refractivity contribution in [1.29, 1.82) is 0 Å². The maximum Gasteiger partial charge on any atom is 0.252 e. The predicted octanol–water partition coefficient (Wildman–Crippen LogP) is 3.64. The van der Waals surface area contributed by atoms with Crippen molar-refractivity contribution >= 4 is 39.2 Å². The maximum absolute atomic E-state index is 12.3. The van der Waals surface area contributed by atoms with Crippen LogP contribution in [0.5, 0.6) is 5.75 Å². The predicted molar refractivity (Wildman–Crippen MR) is 99.8 cm³/mol. The van der Waals surface area contributed by atoms with Gasteiger partial charge in [0.25, 0.3) is 5.91 Å². The number of benzene rings is 2. The highest BCUT2D eigenvalue weighted by atomic mass is 32.2. The fraction of sp³-hybridized carbons (Fsp3) is 0.222. The van der Waals surface area contributed by atoms with Gasteiger partial charge in [-0.05, 0) is 42.2 Å². The number of ether oxygens (including phenoxy) is 1. The third-order valence-corrected chi connectivity index (χ3v) is 5.55. The molecule has 0 aliphatic rings. The summed E-state index contributed by atoms with van der Waals surface area (Å²) in [5.74, 6) is 0.591. The number of rotatable bonds is 4. The van der Waals surface area contributed by atoms with Crippen LogP contribution in [0.3, 0.4) is 0 Å². The van der Waals surface area contributed by atoms with E-state index in [0.717, 1.165) is 26.3 Å². The minimum atomic E-state index is -0.157. The van der Waals surface area contributed by atoms with E-state index in [1.165, 1.54) is 16.2 Å². The van der Waals surface area contributed by atoms with Crippen LogP contribution < -0.4 is 9.54 Å². The number of carbonyl (C=O) groups is 1. The number of thioether (sulfide) groups is 1. The van der Waals surface area contributed by atoms with Gasteiger partial charge in [0.05, 0.1) is 23.7 Å². The number of nitrogens with zero attached hydrogens (tertiary/aromatic N) is 2. The Bertz CT molecular complexity index is 957. The summed E-state index contributed by atoms with van der Waals surface area (Å²) in [4.78, 5) is 18.5. The minimum Gasteiger partial charge on any atom is -0.497 e. The smallest absolute Gasteiger partial charge is 0.252 e. The lowest BCUT2D eigenvalue weighted by molar-refractivity contribution is -0.117. The van der Waals surface area contributed by atoms with Crippen molar-refractivity contribution in [1.82, 2.24) is 4.57 Å². The van der Waals surface area contributed by atoms with Crippen LogP contribution in [-0.2, 0) is 18.3 Å². The van der Waals surface area contributed by atoms with Crippen molar-refractivity contribution in [2.24, 2.45) is 12.0 Å². The zero-order valence-electron chi connectivity index (χ0n) is 13.8. The van der Waals surface area contributed by atoms with Crippen LogP contribution in [0, 0.1) is 0 Å². The summed E-state index contributed by atoms with van der Waals surface area (Å²) in [6.45, 7) is 0. The third-order valence-electron chi connectivity index (χ3n) is 3.73. The van der Waals surface area contributed by atoms with Crippen molar-refractivity contribution in [3.05, 3.63) is 52.8 Å². The van der Waals surface area contributed by atoms with Crippen LogP contribution >= 0.6 is 23.1 Å². The molecule has 0 unspecified atom stereocenters. The van der Waals surface area contributed by atoms with E-state index < -0.39 is 0 Å². The van der Waals surface area contributed by atoms with Gasteiger partial charge in [0, 0.05) is 11.9 Å². The Balaban J connectivity index is 1.91. The highest BCUT2D eigenvalue weighted by molar-refractivity contribution is 7.98. The second-order valence-electron chi connectivity index (χ2n) is 5.31. The van der Waals surface area contributed by atoms with Crippen LogP contribution in [0.1, 0.15) is 5.56 Å². The van der Waals surface area contributed by atoms with E-state index >= 15 is 0 Å². The molecular formula is C18H18N2O2S2. The number of carbonyl (C=O) groups excluding carboxylic acids is 1. The van der Waals surface area contributed by atoms with Gasteiger partial charge in [-0.2, -0.15) is 4.99 Å². The summed E-state index contributed by atoms with van der Waals surface area (Å²) < 4.78 is 8.29. The normalized spacial score (nSPS) is 11.9. The average Bonchev–Trinajstić information content (AvgIpc) is 2.90. The molecule has 2 aromatic carbocycles. The highest BCUT2D eigenvalue weighted by Crippen LogP contribution is 2.23. The van der Waals surface area contributed by atoms with Crippen LogP contribution in [0.2, 0.25) is 0 Å². The molecule has 0 aliphatic carbocycles. The van der Waals surface area contributed by atoms with E-state index in [-0.39, 0.29) is 12.3 Å². The number of amides is 1. The molecule has 1 amide bonds. The van der Waals surface area contributed by atoms with Crippen LogP contribution in [0.4, 0.5) is 0 Å². The lowest BCUT2D eigenvalue weighted by Crippen LogP contribution is -2.14. The van der Waals surface area contributed by atoms with Crippen LogP contribution in [0.25, 0.3) is 10.2 Å². The van der Waals surface area contributed by atoms with E-state index in [1.54, 1.807) is 18.9 Å². The molecule has 1 aromatic heterocycles. The lowest BCUT2D eigenvalue weighted by Gasteiger charge is -2.02. The third kappa shape index (κ3) is 3.55. The SMILES string of the molecule is COc1cccc(CC(=O)N=c2sc3cc(SC)ccc3n2C)c1. The van der Waals surface area contributed by atoms with Gasteiger partial charge in [-0.3, -0.25) is 4.79 Å². The second kappa shape index (κ2) is 7.23. The number of aryl methyl sites for hydroxylation is 1. The molecule has 0 atom stereocenters. The minimum absolute atomic E-state index is 0.157. The van der Waals surface area contributed by atoms with Crippen molar-refractivity contribution in [3.8, 4) is 5.75 Å². The first kappa shape index (κ1) is 16.8. The van der Waals surface area contributed by atoms with Crippen molar-refractivity contribution < 1.29 is 9.53 Å². The number of aromatic nitrogens is 1. The molecular weight excluding hydrogens is 340 g/mol. The standard InChI is InChI=1S/C18H18N2O2S2/c1-20-15-8-7-14(23-3)11-16(15)24-18(20)19-17(21)10-12-5-4-6-13(9-12)22-2/h4-9,11H,10H2,1-3H3. The Labute approximate surface area is 148 Å². The van der Waals surface area contributed by atoms with Crippen molar-refractivity contribution in [3.63, 3.8) is 0 Å². The van der Waals surface area contributed by atoms with E-state index in [9.17, 15) is 4.79 Å². The second-order valence-corrected chi connectivity index (χ2v) is 7.20. The molecule has 0 radical (unpaired) electrons. The molecule has 3 aromatic rings. The topological polar surface area (TPSA) is 43.6 Å². The molecule has 6 heteroatoms. The zero-order valence-corrected chi connectivity index (χ0v) is 15.4. The zero-order chi connectivity index (χ0) is 17.1. The number of thiazole rings is 1.